The molecule has 116 valence electrons. The summed E-state index contributed by atoms with van der Waals surface area (Å²) in [4.78, 5) is 0.266. The molecule has 2 N–H and O–H groups in total. The lowest BCUT2D eigenvalue weighted by Gasteiger charge is -2.29. The summed E-state index contributed by atoms with van der Waals surface area (Å²) in [5.74, 6) is 0.616. The summed E-state index contributed by atoms with van der Waals surface area (Å²) >= 11 is 8.42. The fraction of sp³-hybridized carbons (Fsp3) is 0.500. The molecule has 0 aromatic heterocycles. The van der Waals surface area contributed by atoms with Gasteiger partial charge in [-0.2, -0.15) is 0 Å². The van der Waals surface area contributed by atoms with Gasteiger partial charge in [0.1, 0.15) is 20.6 Å². The Morgan fingerprint density at radius 2 is 2.14 bits per heavy atom. The van der Waals surface area contributed by atoms with Gasteiger partial charge in [0, 0.05) is 17.1 Å². The number of nitrogens with two attached hydrogens (primary N) is 1. The maximum atomic E-state index is 11.7. The van der Waals surface area contributed by atoms with Gasteiger partial charge in [-0.25, -0.2) is 8.42 Å². The Hall–Kier alpha value is -0.660. The van der Waals surface area contributed by atoms with Gasteiger partial charge in [-0.1, -0.05) is 28.1 Å². The highest BCUT2D eigenvalue weighted by atomic mass is 79.9. The van der Waals surface area contributed by atoms with Crippen LogP contribution in [0.1, 0.15) is 31.2 Å². The molecule has 2 unspecified atom stereocenters. The first-order chi connectivity index (χ1) is 9.77. The summed E-state index contributed by atoms with van der Waals surface area (Å²) in [5, 5.41) is -0.319. The molecule has 7 heteroatoms. The van der Waals surface area contributed by atoms with Gasteiger partial charge in [-0.05, 0) is 37.5 Å². The lowest BCUT2D eigenvalue weighted by atomic mass is 9.97. The second-order valence-electron chi connectivity index (χ2n) is 5.36. The number of sulfone groups is 1. The Kier molecular flexibility index (Phi) is 5.27. The first kappa shape index (κ1) is 16.7. The van der Waals surface area contributed by atoms with E-state index in [1.165, 1.54) is 6.26 Å². The third-order valence-corrected chi connectivity index (χ3v) is 6.04. The molecule has 0 aliphatic heterocycles. The summed E-state index contributed by atoms with van der Waals surface area (Å²) in [6, 6.07) is 5.48. The molecule has 1 fully saturated rings. The van der Waals surface area contributed by atoms with Crippen molar-refractivity contribution in [1.82, 2.24) is 0 Å². The maximum Gasteiger partial charge on any atom is 0.150 e. The highest BCUT2D eigenvalue weighted by Crippen LogP contribution is 2.30. The van der Waals surface area contributed by atoms with Crippen molar-refractivity contribution in [1.29, 1.82) is 0 Å². The van der Waals surface area contributed by atoms with Crippen LogP contribution in [-0.2, 0) is 9.84 Å². The van der Waals surface area contributed by atoms with Gasteiger partial charge in [0.15, 0.2) is 0 Å². The number of hydrogen-bond acceptors (Lipinski definition) is 4. The van der Waals surface area contributed by atoms with E-state index in [0.717, 1.165) is 17.3 Å². The maximum absolute atomic E-state index is 11.7. The second-order valence-corrected chi connectivity index (χ2v) is 9.04. The van der Waals surface area contributed by atoms with Gasteiger partial charge in [-0.15, -0.1) is 0 Å². The van der Waals surface area contributed by atoms with E-state index >= 15 is 0 Å². The Morgan fingerprint density at radius 3 is 2.76 bits per heavy atom. The topological polar surface area (TPSA) is 69.4 Å². The van der Waals surface area contributed by atoms with Gasteiger partial charge < -0.3 is 10.5 Å². The third-order valence-electron chi connectivity index (χ3n) is 3.68. The summed E-state index contributed by atoms with van der Waals surface area (Å²) in [6.07, 6.45) is 4.10. The molecule has 1 aromatic carbocycles. The molecule has 2 atom stereocenters. The molecule has 0 bridgehead atoms. The number of ether oxygens (including phenoxy) is 1. The Bertz CT molecular complexity index is 646. The van der Waals surface area contributed by atoms with E-state index in [0.29, 0.717) is 24.2 Å². The van der Waals surface area contributed by atoms with E-state index in [9.17, 15) is 8.42 Å². The standard InChI is InChI=1S/C14H18BrNO3S2/c1-21(17,18)11-4-2-3-10(8-11)19-13-6-5-9(15)7-12(13)14(16)20/h5-7,10-11H,2-4,8H2,1H3,(H2,16,20). The predicted octanol–water partition coefficient (Wildman–Crippen LogP) is 2.82. The minimum atomic E-state index is -3.02. The number of hydrogen-bond donors (Lipinski definition) is 1. The van der Waals surface area contributed by atoms with E-state index in [4.69, 9.17) is 22.7 Å². The molecule has 0 radical (unpaired) electrons. The van der Waals surface area contributed by atoms with Gasteiger partial charge in [0.05, 0.1) is 16.9 Å². The summed E-state index contributed by atoms with van der Waals surface area (Å²) in [5.41, 5.74) is 6.39. The lowest BCUT2D eigenvalue weighted by Crippen LogP contribution is -2.33. The van der Waals surface area contributed by atoms with E-state index in [-0.39, 0.29) is 16.3 Å². The molecule has 1 aliphatic rings. The van der Waals surface area contributed by atoms with Gasteiger partial charge in [-0.3, -0.25) is 0 Å². The van der Waals surface area contributed by atoms with Crippen molar-refractivity contribution in [2.75, 3.05) is 6.26 Å². The van der Waals surface area contributed by atoms with Crippen molar-refractivity contribution >= 4 is 43.0 Å². The van der Waals surface area contributed by atoms with Crippen molar-refractivity contribution in [3.8, 4) is 5.75 Å². The molecule has 2 rings (SSSR count). The lowest BCUT2D eigenvalue weighted by molar-refractivity contribution is 0.156. The van der Waals surface area contributed by atoms with Crippen LogP contribution in [0.2, 0.25) is 0 Å². The molecule has 0 amide bonds. The number of benzene rings is 1. The van der Waals surface area contributed by atoms with Crippen LogP contribution in [0, 0.1) is 0 Å². The number of rotatable bonds is 4. The zero-order chi connectivity index (χ0) is 15.6. The molecule has 1 aromatic rings. The smallest absolute Gasteiger partial charge is 0.150 e. The van der Waals surface area contributed by atoms with E-state index in [1.54, 1.807) is 0 Å². The number of halogens is 1. The monoisotopic (exact) mass is 391 g/mol. The Balaban J connectivity index is 2.17. The zero-order valence-corrected chi connectivity index (χ0v) is 14.9. The molecule has 0 heterocycles. The van der Waals surface area contributed by atoms with Crippen LogP contribution in [0.4, 0.5) is 0 Å². The predicted molar refractivity (Wildman–Crippen MR) is 91.5 cm³/mol. The minimum absolute atomic E-state index is 0.118. The molecular formula is C14H18BrNO3S2. The molecule has 4 nitrogen and oxygen atoms in total. The van der Waals surface area contributed by atoms with Crippen LogP contribution < -0.4 is 10.5 Å². The first-order valence-corrected chi connectivity index (χ1v) is 9.88. The van der Waals surface area contributed by atoms with Crippen LogP contribution in [0.25, 0.3) is 0 Å². The molecule has 1 aliphatic carbocycles. The third kappa shape index (κ3) is 4.40. The Labute approximate surface area is 139 Å². The SMILES string of the molecule is CS(=O)(=O)C1CCCC(Oc2ccc(Br)cc2C(N)=S)C1. The highest BCUT2D eigenvalue weighted by molar-refractivity contribution is 9.10. The van der Waals surface area contributed by atoms with E-state index in [1.807, 2.05) is 18.2 Å². The minimum Gasteiger partial charge on any atom is -0.490 e. The quantitative estimate of drug-likeness (QED) is 0.798. The summed E-state index contributed by atoms with van der Waals surface area (Å²) in [7, 11) is -3.02. The van der Waals surface area contributed by atoms with E-state index in [2.05, 4.69) is 15.9 Å². The molecule has 21 heavy (non-hydrogen) atoms. The molecule has 0 saturated heterocycles. The average molecular weight is 392 g/mol. The zero-order valence-electron chi connectivity index (χ0n) is 11.7. The summed E-state index contributed by atoms with van der Waals surface area (Å²) < 4.78 is 30.2. The van der Waals surface area contributed by atoms with Gasteiger partial charge in [0.2, 0.25) is 0 Å². The van der Waals surface area contributed by atoms with Crippen LogP contribution in [-0.4, -0.2) is 31.0 Å². The van der Waals surface area contributed by atoms with Crippen LogP contribution in [0.15, 0.2) is 22.7 Å². The van der Waals surface area contributed by atoms with Crippen LogP contribution >= 0.6 is 28.1 Å². The molecule has 0 spiro atoms. The number of thiocarbonyl (C=S) groups is 1. The van der Waals surface area contributed by atoms with Gasteiger partial charge >= 0.3 is 0 Å². The highest BCUT2D eigenvalue weighted by Gasteiger charge is 2.30. The van der Waals surface area contributed by atoms with E-state index < -0.39 is 9.84 Å². The molecule has 1 saturated carbocycles. The Morgan fingerprint density at radius 1 is 1.43 bits per heavy atom. The van der Waals surface area contributed by atoms with Crippen molar-refractivity contribution in [3.63, 3.8) is 0 Å². The van der Waals surface area contributed by atoms with Crippen molar-refractivity contribution in [2.45, 2.75) is 37.0 Å². The van der Waals surface area contributed by atoms with Crippen molar-refractivity contribution in [2.24, 2.45) is 5.73 Å². The summed E-state index contributed by atoms with van der Waals surface area (Å²) in [6.45, 7) is 0. The van der Waals surface area contributed by atoms with Crippen LogP contribution in [0.3, 0.4) is 0 Å². The average Bonchev–Trinajstić information content (AvgIpc) is 2.40. The van der Waals surface area contributed by atoms with Gasteiger partial charge in [0.25, 0.3) is 0 Å². The van der Waals surface area contributed by atoms with Crippen molar-refractivity contribution < 1.29 is 13.2 Å². The molecular weight excluding hydrogens is 374 g/mol. The first-order valence-electron chi connectivity index (χ1n) is 6.72. The second kappa shape index (κ2) is 6.62. The fourth-order valence-electron chi connectivity index (χ4n) is 2.58. The van der Waals surface area contributed by atoms with Crippen LogP contribution in [0.5, 0.6) is 5.75 Å². The fourth-order valence-corrected chi connectivity index (χ4v) is 4.25. The largest absolute Gasteiger partial charge is 0.490 e. The normalized spacial score (nSPS) is 22.8. The van der Waals surface area contributed by atoms with Crippen molar-refractivity contribution in [3.05, 3.63) is 28.2 Å².